The summed E-state index contributed by atoms with van der Waals surface area (Å²) in [7, 11) is -2.14. The molecule has 0 spiro atoms. The van der Waals surface area contributed by atoms with Crippen LogP contribution in [0.4, 0.5) is 0 Å². The molecule has 1 aliphatic carbocycles. The highest BCUT2D eigenvalue weighted by molar-refractivity contribution is 7.89. The first-order valence-corrected chi connectivity index (χ1v) is 10.8. The van der Waals surface area contributed by atoms with E-state index in [0.29, 0.717) is 6.54 Å². The molecule has 1 aliphatic rings. The van der Waals surface area contributed by atoms with E-state index >= 15 is 0 Å². The van der Waals surface area contributed by atoms with E-state index in [1.807, 2.05) is 0 Å². The Hall–Kier alpha value is -1.37. The molecule has 0 bridgehead atoms. The Balaban J connectivity index is 2.11. The van der Waals surface area contributed by atoms with E-state index in [2.05, 4.69) is 11.4 Å². The van der Waals surface area contributed by atoms with Crippen molar-refractivity contribution in [1.29, 1.82) is 0 Å². The summed E-state index contributed by atoms with van der Waals surface area (Å²) in [5, 5.41) is 3.09. The Morgan fingerprint density at radius 2 is 2.04 bits per heavy atom. The second-order valence-corrected chi connectivity index (χ2v) is 9.28. The maximum atomic E-state index is 12.6. The summed E-state index contributed by atoms with van der Waals surface area (Å²) in [4.78, 5) is 12.5. The molecule has 5 nitrogen and oxygen atoms in total. The van der Waals surface area contributed by atoms with Crippen molar-refractivity contribution < 1.29 is 13.2 Å². The van der Waals surface area contributed by atoms with Crippen molar-refractivity contribution in [3.05, 3.63) is 40.4 Å². The number of hydrogen-bond donors (Lipinski definition) is 1. The molecule has 7 heteroatoms. The van der Waals surface area contributed by atoms with E-state index in [0.717, 1.165) is 19.3 Å². The lowest BCUT2D eigenvalue weighted by atomic mass is 9.97. The molecule has 0 aliphatic heterocycles. The molecule has 0 atom stereocenters. The summed E-state index contributed by atoms with van der Waals surface area (Å²) in [5.74, 6) is -0.351. The first-order chi connectivity index (χ1) is 12.2. The van der Waals surface area contributed by atoms with Gasteiger partial charge in [0.2, 0.25) is 10.0 Å². The van der Waals surface area contributed by atoms with Crippen LogP contribution in [0, 0.1) is 0 Å². The molecule has 26 heavy (non-hydrogen) atoms. The van der Waals surface area contributed by atoms with E-state index in [-0.39, 0.29) is 27.4 Å². The monoisotopic (exact) mass is 398 g/mol. The predicted octanol–water partition coefficient (Wildman–Crippen LogP) is 3.99. The van der Waals surface area contributed by atoms with Crippen LogP contribution in [-0.4, -0.2) is 38.3 Å². The van der Waals surface area contributed by atoms with Crippen LogP contribution in [0.5, 0.6) is 0 Å². The predicted molar refractivity (Wildman–Crippen MR) is 105 cm³/mol. The summed E-state index contributed by atoms with van der Waals surface area (Å²) in [5.41, 5.74) is 1.56. The van der Waals surface area contributed by atoms with Gasteiger partial charge in [0.1, 0.15) is 0 Å². The Labute approximate surface area is 161 Å². The molecule has 1 amide bonds. The quantitative estimate of drug-likeness (QED) is 0.706. The number of carbonyl (C=O) groups excluding carboxylic acids is 1. The van der Waals surface area contributed by atoms with Crippen molar-refractivity contribution in [2.24, 2.45) is 0 Å². The van der Waals surface area contributed by atoms with Gasteiger partial charge in [0.15, 0.2) is 0 Å². The lowest BCUT2D eigenvalue weighted by Gasteiger charge is -2.21. The Bertz CT molecular complexity index is 788. The zero-order valence-corrected chi connectivity index (χ0v) is 17.2. The van der Waals surface area contributed by atoms with Crippen LogP contribution in [0.2, 0.25) is 5.02 Å². The number of amides is 1. The third-order valence-electron chi connectivity index (χ3n) is 4.70. The fourth-order valence-electron chi connectivity index (χ4n) is 2.85. The van der Waals surface area contributed by atoms with Gasteiger partial charge in [-0.1, -0.05) is 23.3 Å². The van der Waals surface area contributed by atoms with Gasteiger partial charge in [-0.05, 0) is 64.2 Å². The third-order valence-corrected chi connectivity index (χ3v) is 7.06. The highest BCUT2D eigenvalue weighted by atomic mass is 35.5. The molecule has 0 saturated heterocycles. The smallest absolute Gasteiger partial charge is 0.252 e. The normalized spacial score (nSPS) is 15.2. The number of halogens is 1. The molecule has 144 valence electrons. The molecule has 1 aromatic carbocycles. The minimum absolute atomic E-state index is 0.0678. The SMILES string of the molecule is CC(C)N(C)S(=O)(=O)c1ccc(Cl)c(C(=O)NCCC2=CCCCC2)c1. The number of rotatable bonds is 7. The van der Waals surface area contributed by atoms with Crippen LogP contribution in [0.15, 0.2) is 34.7 Å². The number of benzene rings is 1. The Kier molecular flexibility index (Phi) is 7.26. The standard InChI is InChI=1S/C19H27ClN2O3S/c1-14(2)22(3)26(24,25)16-9-10-18(20)17(13-16)19(23)21-12-11-15-7-5-4-6-8-15/h7,9-10,13-14H,4-6,8,11-12H2,1-3H3,(H,21,23). The van der Waals surface area contributed by atoms with Gasteiger partial charge in [-0.15, -0.1) is 0 Å². The molecular weight excluding hydrogens is 372 g/mol. The molecule has 0 fully saturated rings. The second kappa shape index (κ2) is 9.02. The van der Waals surface area contributed by atoms with Gasteiger partial charge in [0, 0.05) is 19.6 Å². The first kappa shape index (κ1) is 20.9. The number of carbonyl (C=O) groups is 1. The summed E-state index contributed by atoms with van der Waals surface area (Å²) >= 11 is 6.13. The summed E-state index contributed by atoms with van der Waals surface area (Å²) in [6.45, 7) is 4.10. The highest BCUT2D eigenvalue weighted by Gasteiger charge is 2.25. The largest absolute Gasteiger partial charge is 0.352 e. The Morgan fingerprint density at radius 3 is 2.65 bits per heavy atom. The summed E-state index contributed by atoms with van der Waals surface area (Å²) in [6, 6.07) is 4.06. The van der Waals surface area contributed by atoms with Crippen molar-refractivity contribution in [3.63, 3.8) is 0 Å². The summed E-state index contributed by atoms with van der Waals surface area (Å²) in [6.07, 6.45) is 7.70. The molecular formula is C19H27ClN2O3S. The molecule has 1 aromatic rings. The Morgan fingerprint density at radius 1 is 1.31 bits per heavy atom. The van der Waals surface area contributed by atoms with E-state index < -0.39 is 10.0 Å². The molecule has 0 unspecified atom stereocenters. The fourth-order valence-corrected chi connectivity index (χ4v) is 4.44. The van der Waals surface area contributed by atoms with Crippen molar-refractivity contribution in [3.8, 4) is 0 Å². The maximum absolute atomic E-state index is 12.6. The van der Waals surface area contributed by atoms with E-state index in [1.54, 1.807) is 13.8 Å². The number of hydrogen-bond acceptors (Lipinski definition) is 3. The molecule has 0 aromatic heterocycles. The lowest BCUT2D eigenvalue weighted by Crippen LogP contribution is -2.33. The zero-order chi connectivity index (χ0) is 19.3. The van der Waals surface area contributed by atoms with Crippen molar-refractivity contribution in [1.82, 2.24) is 9.62 Å². The van der Waals surface area contributed by atoms with Crippen LogP contribution < -0.4 is 5.32 Å². The molecule has 2 rings (SSSR count). The van der Waals surface area contributed by atoms with Gasteiger partial charge < -0.3 is 5.32 Å². The summed E-state index contributed by atoms with van der Waals surface area (Å²) < 4.78 is 26.5. The van der Waals surface area contributed by atoms with Crippen molar-refractivity contribution in [2.45, 2.75) is 56.9 Å². The van der Waals surface area contributed by atoms with Crippen molar-refractivity contribution in [2.75, 3.05) is 13.6 Å². The van der Waals surface area contributed by atoms with Gasteiger partial charge in [-0.3, -0.25) is 4.79 Å². The van der Waals surface area contributed by atoms with Gasteiger partial charge >= 0.3 is 0 Å². The molecule has 1 N–H and O–H groups in total. The average Bonchev–Trinajstić information content (AvgIpc) is 2.61. The average molecular weight is 399 g/mol. The van der Waals surface area contributed by atoms with Crippen LogP contribution in [0.3, 0.4) is 0 Å². The van der Waals surface area contributed by atoms with Crippen LogP contribution in [0.25, 0.3) is 0 Å². The van der Waals surface area contributed by atoms with Gasteiger partial charge in [-0.2, -0.15) is 4.31 Å². The number of sulfonamides is 1. The van der Waals surface area contributed by atoms with Crippen molar-refractivity contribution >= 4 is 27.5 Å². The number of nitrogens with one attached hydrogen (secondary N) is 1. The fraction of sp³-hybridized carbons (Fsp3) is 0.526. The first-order valence-electron chi connectivity index (χ1n) is 8.97. The molecule has 0 saturated carbocycles. The molecule has 0 heterocycles. The second-order valence-electron chi connectivity index (χ2n) is 6.87. The van der Waals surface area contributed by atoms with Gasteiger partial charge in [0.25, 0.3) is 5.91 Å². The minimum Gasteiger partial charge on any atom is -0.352 e. The third kappa shape index (κ3) is 5.09. The minimum atomic E-state index is -3.66. The van der Waals surface area contributed by atoms with E-state index in [4.69, 9.17) is 11.6 Å². The van der Waals surface area contributed by atoms with Crippen LogP contribution in [-0.2, 0) is 10.0 Å². The molecule has 0 radical (unpaired) electrons. The van der Waals surface area contributed by atoms with Gasteiger partial charge in [-0.25, -0.2) is 8.42 Å². The number of nitrogens with zero attached hydrogens (tertiary/aromatic N) is 1. The van der Waals surface area contributed by atoms with E-state index in [9.17, 15) is 13.2 Å². The number of allylic oxidation sites excluding steroid dienone is 1. The zero-order valence-electron chi connectivity index (χ0n) is 15.6. The van der Waals surface area contributed by atoms with Crippen LogP contribution in [0.1, 0.15) is 56.3 Å². The maximum Gasteiger partial charge on any atom is 0.252 e. The van der Waals surface area contributed by atoms with E-state index in [1.165, 1.54) is 48.0 Å². The topological polar surface area (TPSA) is 66.5 Å². The van der Waals surface area contributed by atoms with Crippen LogP contribution >= 0.6 is 11.6 Å². The highest BCUT2D eigenvalue weighted by Crippen LogP contribution is 2.24. The van der Waals surface area contributed by atoms with Gasteiger partial charge in [0.05, 0.1) is 15.5 Å². The lowest BCUT2D eigenvalue weighted by molar-refractivity contribution is 0.0954.